The standard InChI is InChI=1S/C28H29ClN2O5S/c1-3-34-22-15-18(14-21(29)26(22)36-17-24(32)35-4-2)16-30-28-25(20-12-8-9-13-23(20)37-28)27(33)31-19-10-6-5-7-11-19/h5-7,10-11,14-16H,3-4,8-9,12-13,17H2,1-2H3,(H,31,33). The number of benzene rings is 2. The van der Waals surface area contributed by atoms with Crippen molar-refractivity contribution in [3.05, 3.63) is 69.1 Å². The van der Waals surface area contributed by atoms with E-state index in [0.29, 0.717) is 28.5 Å². The Kier molecular flexibility index (Phi) is 9.19. The molecule has 0 spiro atoms. The van der Waals surface area contributed by atoms with E-state index >= 15 is 0 Å². The Bertz CT molecular complexity index is 1290. The molecule has 0 aliphatic heterocycles. The van der Waals surface area contributed by atoms with Crippen LogP contribution in [0.3, 0.4) is 0 Å². The number of nitrogens with one attached hydrogen (secondary N) is 1. The van der Waals surface area contributed by atoms with Crippen molar-refractivity contribution < 1.29 is 23.8 Å². The van der Waals surface area contributed by atoms with E-state index in [1.165, 1.54) is 4.88 Å². The van der Waals surface area contributed by atoms with Crippen molar-refractivity contribution in [2.75, 3.05) is 25.1 Å². The molecule has 9 heteroatoms. The number of amides is 1. The first-order valence-corrected chi connectivity index (χ1v) is 13.5. The zero-order valence-corrected chi connectivity index (χ0v) is 22.4. The smallest absolute Gasteiger partial charge is 0.344 e. The van der Waals surface area contributed by atoms with Crippen LogP contribution in [0.25, 0.3) is 0 Å². The van der Waals surface area contributed by atoms with Gasteiger partial charge in [0.15, 0.2) is 18.1 Å². The summed E-state index contributed by atoms with van der Waals surface area (Å²) >= 11 is 8.05. The molecule has 2 aromatic carbocycles. The van der Waals surface area contributed by atoms with Crippen molar-refractivity contribution in [3.8, 4) is 11.5 Å². The Labute approximate surface area is 225 Å². The third kappa shape index (κ3) is 6.70. The number of fused-ring (bicyclic) bond motifs is 1. The second-order valence-electron chi connectivity index (χ2n) is 8.33. The maximum atomic E-state index is 13.3. The molecule has 4 rings (SSSR count). The number of hydrogen-bond acceptors (Lipinski definition) is 7. The Balaban J connectivity index is 1.62. The number of esters is 1. The van der Waals surface area contributed by atoms with Crippen LogP contribution in [-0.2, 0) is 22.4 Å². The predicted molar refractivity (Wildman–Crippen MR) is 147 cm³/mol. The van der Waals surface area contributed by atoms with Gasteiger partial charge >= 0.3 is 5.97 Å². The van der Waals surface area contributed by atoms with Crippen LogP contribution in [0.1, 0.15) is 53.1 Å². The zero-order chi connectivity index (χ0) is 26.2. The Morgan fingerprint density at radius 2 is 1.86 bits per heavy atom. The first-order valence-electron chi connectivity index (χ1n) is 12.3. The molecule has 1 amide bonds. The van der Waals surface area contributed by atoms with Crippen LogP contribution in [-0.4, -0.2) is 37.9 Å². The van der Waals surface area contributed by atoms with Crippen LogP contribution < -0.4 is 14.8 Å². The minimum absolute atomic E-state index is 0.159. The molecular weight excluding hydrogens is 512 g/mol. The fourth-order valence-corrected chi connectivity index (χ4v) is 5.63. The number of aryl methyl sites for hydroxylation is 1. The van der Waals surface area contributed by atoms with Gasteiger partial charge < -0.3 is 19.5 Å². The van der Waals surface area contributed by atoms with Crippen molar-refractivity contribution in [2.45, 2.75) is 39.5 Å². The number of rotatable bonds is 10. The SMILES string of the molecule is CCOC(=O)COc1c(Cl)cc(C=Nc2sc3c(c2C(=O)Nc2ccccc2)CCCC3)cc1OCC. The third-order valence-corrected chi connectivity index (χ3v) is 7.19. The third-order valence-electron chi connectivity index (χ3n) is 5.71. The van der Waals surface area contributed by atoms with Crippen molar-refractivity contribution in [2.24, 2.45) is 4.99 Å². The van der Waals surface area contributed by atoms with Gasteiger partial charge in [-0.1, -0.05) is 29.8 Å². The van der Waals surface area contributed by atoms with Crippen LogP contribution in [0.15, 0.2) is 47.5 Å². The highest BCUT2D eigenvalue weighted by Gasteiger charge is 2.25. The molecule has 194 valence electrons. The van der Waals surface area contributed by atoms with Crippen LogP contribution in [0.5, 0.6) is 11.5 Å². The molecule has 0 atom stereocenters. The lowest BCUT2D eigenvalue weighted by atomic mass is 9.95. The van der Waals surface area contributed by atoms with Gasteiger partial charge in [-0.25, -0.2) is 9.79 Å². The number of carbonyl (C=O) groups excluding carboxylic acids is 2. The fraction of sp³-hybridized carbons (Fsp3) is 0.321. The Hall–Kier alpha value is -3.36. The lowest BCUT2D eigenvalue weighted by Crippen LogP contribution is -2.15. The average molecular weight is 541 g/mol. The molecule has 1 N–H and O–H groups in total. The number of aliphatic imine (C=N–C) groups is 1. The van der Waals surface area contributed by atoms with Crippen molar-refractivity contribution >= 4 is 51.7 Å². The molecule has 0 fully saturated rings. The van der Waals surface area contributed by atoms with Crippen molar-refractivity contribution in [3.63, 3.8) is 0 Å². The zero-order valence-electron chi connectivity index (χ0n) is 20.8. The summed E-state index contributed by atoms with van der Waals surface area (Å²) in [7, 11) is 0. The predicted octanol–water partition coefficient (Wildman–Crippen LogP) is 6.62. The molecule has 1 aromatic heterocycles. The Morgan fingerprint density at radius 3 is 2.62 bits per heavy atom. The highest BCUT2D eigenvalue weighted by Crippen LogP contribution is 2.41. The summed E-state index contributed by atoms with van der Waals surface area (Å²) in [4.78, 5) is 31.0. The maximum Gasteiger partial charge on any atom is 0.344 e. The molecular formula is C28H29ClN2O5S. The van der Waals surface area contributed by atoms with E-state index in [9.17, 15) is 9.59 Å². The quantitative estimate of drug-likeness (QED) is 0.230. The lowest BCUT2D eigenvalue weighted by molar-refractivity contribution is -0.145. The monoisotopic (exact) mass is 540 g/mol. The summed E-state index contributed by atoms with van der Waals surface area (Å²) in [5.74, 6) is 0.0135. The molecule has 0 radical (unpaired) electrons. The number of para-hydroxylation sites is 1. The number of nitrogens with zero attached hydrogens (tertiary/aromatic N) is 1. The van der Waals surface area contributed by atoms with Gasteiger partial charge in [-0.2, -0.15) is 0 Å². The summed E-state index contributed by atoms with van der Waals surface area (Å²) in [6.07, 6.45) is 5.65. The van der Waals surface area contributed by atoms with Crippen LogP contribution in [0.2, 0.25) is 5.02 Å². The van der Waals surface area contributed by atoms with E-state index < -0.39 is 5.97 Å². The number of thiophene rings is 1. The summed E-state index contributed by atoms with van der Waals surface area (Å²) in [5, 5.41) is 3.95. The number of ether oxygens (including phenoxy) is 3. The number of halogens is 1. The highest BCUT2D eigenvalue weighted by molar-refractivity contribution is 7.16. The van der Waals surface area contributed by atoms with Gasteiger partial charge in [-0.3, -0.25) is 4.79 Å². The van der Waals surface area contributed by atoms with Gasteiger partial charge in [0.25, 0.3) is 5.91 Å². The number of anilines is 1. The van der Waals surface area contributed by atoms with Gasteiger partial charge in [0.1, 0.15) is 5.00 Å². The van der Waals surface area contributed by atoms with Crippen molar-refractivity contribution in [1.82, 2.24) is 0 Å². The van der Waals surface area contributed by atoms with Gasteiger partial charge in [0.2, 0.25) is 0 Å². The Morgan fingerprint density at radius 1 is 1.08 bits per heavy atom. The number of hydrogen-bond donors (Lipinski definition) is 1. The molecule has 0 saturated heterocycles. The van der Waals surface area contributed by atoms with E-state index in [0.717, 1.165) is 36.9 Å². The average Bonchev–Trinajstić information content (AvgIpc) is 3.26. The molecule has 0 bridgehead atoms. The van der Waals surface area contributed by atoms with Gasteiger partial charge in [-0.05, 0) is 74.9 Å². The molecule has 1 aliphatic carbocycles. The normalized spacial score (nSPS) is 12.7. The minimum Gasteiger partial charge on any atom is -0.490 e. The lowest BCUT2D eigenvalue weighted by Gasteiger charge is -2.14. The number of carbonyl (C=O) groups is 2. The fourth-order valence-electron chi connectivity index (χ4n) is 4.12. The van der Waals surface area contributed by atoms with E-state index in [4.69, 9.17) is 30.8 Å². The molecule has 7 nitrogen and oxygen atoms in total. The molecule has 37 heavy (non-hydrogen) atoms. The van der Waals surface area contributed by atoms with Gasteiger partial charge in [-0.15, -0.1) is 11.3 Å². The van der Waals surface area contributed by atoms with E-state index in [-0.39, 0.29) is 29.9 Å². The van der Waals surface area contributed by atoms with E-state index in [1.54, 1.807) is 36.6 Å². The summed E-state index contributed by atoms with van der Waals surface area (Å²) in [5.41, 5.74) is 3.14. The first-order chi connectivity index (χ1) is 18.0. The molecule has 0 unspecified atom stereocenters. The summed E-state index contributed by atoms with van der Waals surface area (Å²) in [6.45, 7) is 3.94. The topological polar surface area (TPSA) is 86.2 Å². The molecule has 1 aliphatic rings. The second kappa shape index (κ2) is 12.7. The summed E-state index contributed by atoms with van der Waals surface area (Å²) in [6, 6.07) is 12.8. The van der Waals surface area contributed by atoms with Crippen molar-refractivity contribution in [1.29, 1.82) is 0 Å². The van der Waals surface area contributed by atoms with Gasteiger partial charge in [0.05, 0.1) is 23.8 Å². The van der Waals surface area contributed by atoms with E-state index in [1.807, 2.05) is 37.3 Å². The molecule has 1 heterocycles. The first kappa shape index (κ1) is 26.7. The van der Waals surface area contributed by atoms with E-state index in [2.05, 4.69) is 5.32 Å². The highest BCUT2D eigenvalue weighted by atomic mass is 35.5. The summed E-state index contributed by atoms with van der Waals surface area (Å²) < 4.78 is 16.2. The maximum absolute atomic E-state index is 13.3. The van der Waals surface area contributed by atoms with Crippen LogP contribution >= 0.6 is 22.9 Å². The van der Waals surface area contributed by atoms with Crippen LogP contribution in [0.4, 0.5) is 10.7 Å². The van der Waals surface area contributed by atoms with Gasteiger partial charge in [0, 0.05) is 16.8 Å². The largest absolute Gasteiger partial charge is 0.490 e. The minimum atomic E-state index is -0.491. The van der Waals surface area contributed by atoms with Crippen LogP contribution in [0, 0.1) is 0 Å². The molecule has 3 aromatic rings. The molecule has 0 saturated carbocycles. The second-order valence-corrected chi connectivity index (χ2v) is 9.82.